The summed E-state index contributed by atoms with van der Waals surface area (Å²) in [5.41, 5.74) is 8.78. The maximum Gasteiger partial charge on any atom is 0.122 e. The van der Waals surface area contributed by atoms with E-state index in [4.69, 9.17) is 15.9 Å². The van der Waals surface area contributed by atoms with Crippen LogP contribution in [0.4, 0.5) is 0 Å². The first-order chi connectivity index (χ1) is 7.66. The number of hydrogen-bond acceptors (Lipinski definition) is 3. The Bertz CT molecular complexity index is 402. The first kappa shape index (κ1) is 11.5. The van der Waals surface area contributed by atoms with Gasteiger partial charge in [0.2, 0.25) is 0 Å². The largest absolute Gasteiger partial charge is 0.384 e. The van der Waals surface area contributed by atoms with E-state index in [1.54, 1.807) is 0 Å². The van der Waals surface area contributed by atoms with Crippen LogP contribution in [0.5, 0.6) is 0 Å². The number of ether oxygens (including phenoxy) is 1. The normalized spacial score (nSPS) is 15.8. The zero-order chi connectivity index (χ0) is 11.5. The number of amidine groups is 1. The molecule has 1 fully saturated rings. The third-order valence-corrected chi connectivity index (χ3v) is 3.96. The first-order valence-corrected chi connectivity index (χ1v) is 6.35. The summed E-state index contributed by atoms with van der Waals surface area (Å²) in [5, 5.41) is 8.03. The topological polar surface area (TPSA) is 59.1 Å². The smallest absolute Gasteiger partial charge is 0.122 e. The highest BCUT2D eigenvalue weighted by molar-refractivity contribution is 7.99. The maximum atomic E-state index is 7.37. The minimum absolute atomic E-state index is 0.134. The Morgan fingerprint density at radius 1 is 1.56 bits per heavy atom. The molecule has 1 heterocycles. The van der Waals surface area contributed by atoms with E-state index in [2.05, 4.69) is 13.0 Å². The molecule has 0 amide bonds. The molecule has 2 rings (SSSR count). The van der Waals surface area contributed by atoms with Crippen LogP contribution in [0.15, 0.2) is 18.2 Å². The van der Waals surface area contributed by atoms with Gasteiger partial charge in [-0.15, -0.1) is 11.8 Å². The molecule has 0 saturated carbocycles. The molecule has 0 bridgehead atoms. The molecule has 16 heavy (non-hydrogen) atoms. The predicted octanol–water partition coefficient (Wildman–Crippen LogP) is 1.91. The lowest BCUT2D eigenvalue weighted by Crippen LogP contribution is -2.30. The number of thioether (sulfide) groups is 1. The zero-order valence-corrected chi connectivity index (χ0v) is 10.1. The van der Waals surface area contributed by atoms with Crippen LogP contribution in [0.2, 0.25) is 0 Å². The number of nitrogen functional groups attached to an aromatic ring is 1. The van der Waals surface area contributed by atoms with E-state index in [1.807, 2.05) is 23.9 Å². The molecule has 86 valence electrons. The molecule has 3 nitrogen and oxygen atoms in total. The van der Waals surface area contributed by atoms with Crippen LogP contribution < -0.4 is 5.73 Å². The van der Waals surface area contributed by atoms with E-state index in [0.29, 0.717) is 5.25 Å². The minimum Gasteiger partial charge on any atom is -0.384 e. The molecule has 0 aliphatic carbocycles. The lowest BCUT2D eigenvalue weighted by molar-refractivity contribution is 0.0455. The number of nitrogens with one attached hydrogen (secondary N) is 1. The molecule has 0 atom stereocenters. The molecule has 0 aromatic heterocycles. The Hall–Kier alpha value is -1.000. The second-order valence-electron chi connectivity index (χ2n) is 4.03. The summed E-state index contributed by atoms with van der Waals surface area (Å²) in [5.74, 6) is 1.15. The first-order valence-electron chi connectivity index (χ1n) is 5.30. The van der Waals surface area contributed by atoms with Gasteiger partial charge in [-0.3, -0.25) is 5.41 Å². The third kappa shape index (κ3) is 2.57. The van der Waals surface area contributed by atoms with Crippen molar-refractivity contribution in [3.8, 4) is 0 Å². The molecule has 0 unspecified atom stereocenters. The standard InChI is InChI=1S/C12H16N2OS/c1-8-4-9(12(13)14)2-3-10(8)7-16-11-5-15-6-11/h2-4,11H,5-7H2,1H3,(H3,13,14). The van der Waals surface area contributed by atoms with Gasteiger partial charge in [0, 0.05) is 11.3 Å². The maximum absolute atomic E-state index is 7.37. The van der Waals surface area contributed by atoms with Gasteiger partial charge in [0.15, 0.2) is 0 Å². The van der Waals surface area contributed by atoms with Crippen molar-refractivity contribution >= 4 is 17.6 Å². The third-order valence-electron chi connectivity index (χ3n) is 2.74. The molecular weight excluding hydrogens is 220 g/mol. The van der Waals surface area contributed by atoms with E-state index in [0.717, 1.165) is 24.5 Å². The van der Waals surface area contributed by atoms with Crippen molar-refractivity contribution in [2.24, 2.45) is 5.73 Å². The van der Waals surface area contributed by atoms with Crippen molar-refractivity contribution in [2.45, 2.75) is 17.9 Å². The molecule has 1 aromatic carbocycles. The Labute approximate surface area is 99.9 Å². The molecule has 1 aliphatic heterocycles. The molecule has 1 aromatic rings. The fourth-order valence-electron chi connectivity index (χ4n) is 1.54. The van der Waals surface area contributed by atoms with Crippen LogP contribution in [0.1, 0.15) is 16.7 Å². The highest BCUT2D eigenvalue weighted by Gasteiger charge is 2.18. The van der Waals surface area contributed by atoms with Gasteiger partial charge in [-0.1, -0.05) is 12.1 Å². The summed E-state index contributed by atoms with van der Waals surface area (Å²) in [6.07, 6.45) is 0. The molecule has 1 aliphatic rings. The SMILES string of the molecule is Cc1cc(C(=N)N)ccc1CSC1COC1. The zero-order valence-electron chi connectivity index (χ0n) is 9.32. The van der Waals surface area contributed by atoms with Gasteiger partial charge in [0.05, 0.1) is 18.5 Å². The predicted molar refractivity (Wildman–Crippen MR) is 68.1 cm³/mol. The molecule has 0 radical (unpaired) electrons. The van der Waals surface area contributed by atoms with Crippen molar-refractivity contribution in [2.75, 3.05) is 13.2 Å². The van der Waals surface area contributed by atoms with Crippen LogP contribution in [0, 0.1) is 12.3 Å². The molecular formula is C12H16N2OS. The van der Waals surface area contributed by atoms with Gasteiger partial charge >= 0.3 is 0 Å². The Morgan fingerprint density at radius 2 is 2.31 bits per heavy atom. The van der Waals surface area contributed by atoms with E-state index in [9.17, 15) is 0 Å². The second-order valence-corrected chi connectivity index (χ2v) is 5.31. The quantitative estimate of drug-likeness (QED) is 0.620. The molecule has 4 heteroatoms. The molecule has 0 spiro atoms. The highest BCUT2D eigenvalue weighted by Crippen LogP contribution is 2.25. The highest BCUT2D eigenvalue weighted by atomic mass is 32.2. The second kappa shape index (κ2) is 4.89. The number of nitrogens with two attached hydrogens (primary N) is 1. The lowest BCUT2D eigenvalue weighted by atomic mass is 10.1. The fourth-order valence-corrected chi connectivity index (χ4v) is 2.67. The number of rotatable bonds is 4. The van der Waals surface area contributed by atoms with Gasteiger partial charge in [-0.05, 0) is 24.1 Å². The van der Waals surface area contributed by atoms with Crippen LogP contribution in [-0.4, -0.2) is 24.3 Å². The average molecular weight is 236 g/mol. The van der Waals surface area contributed by atoms with Gasteiger partial charge in [-0.25, -0.2) is 0 Å². The Balaban J connectivity index is 2.00. The van der Waals surface area contributed by atoms with Gasteiger partial charge < -0.3 is 10.5 Å². The van der Waals surface area contributed by atoms with Crippen molar-refractivity contribution in [1.82, 2.24) is 0 Å². The fraction of sp³-hybridized carbons (Fsp3) is 0.417. The summed E-state index contributed by atoms with van der Waals surface area (Å²) >= 11 is 1.93. The lowest BCUT2D eigenvalue weighted by Gasteiger charge is -2.25. The Morgan fingerprint density at radius 3 is 2.81 bits per heavy atom. The van der Waals surface area contributed by atoms with Gasteiger partial charge in [-0.2, -0.15) is 0 Å². The summed E-state index contributed by atoms with van der Waals surface area (Å²) in [6.45, 7) is 3.84. The van der Waals surface area contributed by atoms with Crippen LogP contribution >= 0.6 is 11.8 Å². The van der Waals surface area contributed by atoms with Crippen LogP contribution in [-0.2, 0) is 10.5 Å². The van der Waals surface area contributed by atoms with Crippen molar-refractivity contribution in [1.29, 1.82) is 5.41 Å². The van der Waals surface area contributed by atoms with E-state index >= 15 is 0 Å². The van der Waals surface area contributed by atoms with Crippen molar-refractivity contribution < 1.29 is 4.74 Å². The van der Waals surface area contributed by atoms with Crippen molar-refractivity contribution in [3.05, 3.63) is 34.9 Å². The van der Waals surface area contributed by atoms with E-state index in [1.165, 1.54) is 11.1 Å². The molecule has 1 saturated heterocycles. The van der Waals surface area contributed by atoms with Gasteiger partial charge in [0.1, 0.15) is 5.84 Å². The summed E-state index contributed by atoms with van der Waals surface area (Å²) in [4.78, 5) is 0. The van der Waals surface area contributed by atoms with Crippen LogP contribution in [0.3, 0.4) is 0 Å². The number of hydrogen-bond donors (Lipinski definition) is 2. The summed E-state index contributed by atoms with van der Waals surface area (Å²) in [7, 11) is 0. The van der Waals surface area contributed by atoms with Crippen LogP contribution in [0.25, 0.3) is 0 Å². The molecule has 3 N–H and O–H groups in total. The van der Waals surface area contributed by atoms with Gasteiger partial charge in [0.25, 0.3) is 0 Å². The number of aryl methyl sites for hydroxylation is 1. The Kier molecular flexibility index (Phi) is 3.51. The van der Waals surface area contributed by atoms with Crippen molar-refractivity contribution in [3.63, 3.8) is 0 Å². The monoisotopic (exact) mass is 236 g/mol. The summed E-state index contributed by atoms with van der Waals surface area (Å²) in [6, 6.07) is 5.97. The van der Waals surface area contributed by atoms with E-state index < -0.39 is 0 Å². The van der Waals surface area contributed by atoms with E-state index in [-0.39, 0.29) is 5.84 Å². The minimum atomic E-state index is 0.134. The summed E-state index contributed by atoms with van der Waals surface area (Å²) < 4.78 is 5.14. The average Bonchev–Trinajstić information content (AvgIpc) is 2.17. The number of benzene rings is 1.